The van der Waals surface area contributed by atoms with Crippen LogP contribution >= 0.6 is 0 Å². The summed E-state index contributed by atoms with van der Waals surface area (Å²) in [6.45, 7) is 6.64. The first kappa shape index (κ1) is 15.0. The molecule has 0 amide bonds. The van der Waals surface area contributed by atoms with Gasteiger partial charge in [-0.3, -0.25) is 4.79 Å². The predicted molar refractivity (Wildman–Crippen MR) is 89.4 cm³/mol. The van der Waals surface area contributed by atoms with Gasteiger partial charge in [-0.2, -0.15) is 0 Å². The minimum absolute atomic E-state index is 0.0836. The summed E-state index contributed by atoms with van der Waals surface area (Å²) < 4.78 is 0. The summed E-state index contributed by atoms with van der Waals surface area (Å²) >= 11 is 0. The summed E-state index contributed by atoms with van der Waals surface area (Å²) in [5.41, 5.74) is 0.740. The molecule has 6 nitrogen and oxygen atoms in total. The van der Waals surface area contributed by atoms with Crippen LogP contribution in [-0.4, -0.2) is 66.1 Å². The summed E-state index contributed by atoms with van der Waals surface area (Å²) in [6, 6.07) is 5.21. The number of nitrogens with zero attached hydrogens (tertiary/aromatic N) is 3. The third-order valence-corrected chi connectivity index (χ3v) is 4.16. The van der Waals surface area contributed by atoms with E-state index in [9.17, 15) is 4.79 Å². The molecule has 0 spiro atoms. The van der Waals surface area contributed by atoms with E-state index in [0.29, 0.717) is 0 Å². The molecular weight excluding hydrogens is 278 g/mol. The number of piperazine rings is 1. The SMILES string of the molecule is CN1CCN(CCCNc2cc3[nH]c(=O)ccc3cn2)CC1. The average molecular weight is 301 g/mol. The number of fused-ring (bicyclic) bond motifs is 1. The quantitative estimate of drug-likeness (QED) is 0.806. The molecule has 1 aliphatic rings. The first-order valence-corrected chi connectivity index (χ1v) is 7.84. The molecule has 0 aromatic carbocycles. The smallest absolute Gasteiger partial charge is 0.248 e. The van der Waals surface area contributed by atoms with Crippen molar-refractivity contribution in [2.75, 3.05) is 51.6 Å². The molecule has 2 aromatic rings. The molecule has 0 aliphatic carbocycles. The minimum atomic E-state index is -0.0836. The van der Waals surface area contributed by atoms with Crippen LogP contribution in [0.1, 0.15) is 6.42 Å². The summed E-state index contributed by atoms with van der Waals surface area (Å²) in [5.74, 6) is 0.813. The number of anilines is 1. The third kappa shape index (κ3) is 3.84. The number of rotatable bonds is 5. The predicted octanol–water partition coefficient (Wildman–Crippen LogP) is 0.972. The topological polar surface area (TPSA) is 64.3 Å². The highest BCUT2D eigenvalue weighted by Crippen LogP contribution is 2.12. The largest absolute Gasteiger partial charge is 0.370 e. The second-order valence-corrected chi connectivity index (χ2v) is 5.90. The van der Waals surface area contributed by atoms with E-state index in [-0.39, 0.29) is 5.56 Å². The summed E-state index contributed by atoms with van der Waals surface area (Å²) in [7, 11) is 2.18. The van der Waals surface area contributed by atoms with Gasteiger partial charge >= 0.3 is 0 Å². The average Bonchev–Trinajstić information content (AvgIpc) is 2.53. The van der Waals surface area contributed by atoms with E-state index in [1.807, 2.05) is 6.07 Å². The van der Waals surface area contributed by atoms with E-state index < -0.39 is 0 Å². The van der Waals surface area contributed by atoms with Gasteiger partial charge in [0.05, 0.1) is 5.52 Å². The van der Waals surface area contributed by atoms with Crippen molar-refractivity contribution in [2.45, 2.75) is 6.42 Å². The maximum absolute atomic E-state index is 11.3. The van der Waals surface area contributed by atoms with Gasteiger partial charge < -0.3 is 20.1 Å². The van der Waals surface area contributed by atoms with Gasteiger partial charge in [-0.05, 0) is 26.1 Å². The normalized spacial score (nSPS) is 17.0. The Morgan fingerprint density at radius 2 is 2.09 bits per heavy atom. The minimum Gasteiger partial charge on any atom is -0.370 e. The van der Waals surface area contributed by atoms with E-state index in [2.05, 4.69) is 32.1 Å². The number of aromatic nitrogens is 2. The first-order valence-electron chi connectivity index (χ1n) is 7.84. The van der Waals surface area contributed by atoms with Crippen LogP contribution in [0.2, 0.25) is 0 Å². The number of H-pyrrole nitrogens is 1. The zero-order valence-corrected chi connectivity index (χ0v) is 13.0. The van der Waals surface area contributed by atoms with E-state index in [4.69, 9.17) is 0 Å². The lowest BCUT2D eigenvalue weighted by Crippen LogP contribution is -2.44. The molecule has 0 saturated carbocycles. The number of pyridine rings is 2. The molecule has 0 unspecified atom stereocenters. The number of hydrogen-bond donors (Lipinski definition) is 2. The van der Waals surface area contributed by atoms with Crippen molar-refractivity contribution in [3.63, 3.8) is 0 Å². The fraction of sp³-hybridized carbons (Fsp3) is 0.500. The first-order chi connectivity index (χ1) is 10.7. The van der Waals surface area contributed by atoms with Gasteiger partial charge in [-0.1, -0.05) is 0 Å². The van der Waals surface area contributed by atoms with E-state index in [0.717, 1.165) is 62.4 Å². The Hall–Kier alpha value is -1.92. The van der Waals surface area contributed by atoms with Gasteiger partial charge in [0.25, 0.3) is 0 Å². The van der Waals surface area contributed by atoms with Crippen LogP contribution in [0, 0.1) is 0 Å². The molecule has 1 saturated heterocycles. The Kier molecular flexibility index (Phi) is 4.70. The molecule has 2 aromatic heterocycles. The van der Waals surface area contributed by atoms with Gasteiger partial charge in [-0.15, -0.1) is 0 Å². The summed E-state index contributed by atoms with van der Waals surface area (Å²) in [5, 5.41) is 4.28. The van der Waals surface area contributed by atoms with Crippen LogP contribution in [0.15, 0.2) is 29.2 Å². The molecule has 22 heavy (non-hydrogen) atoms. The highest BCUT2D eigenvalue weighted by Gasteiger charge is 2.12. The van der Waals surface area contributed by atoms with Crippen molar-refractivity contribution in [1.82, 2.24) is 19.8 Å². The fourth-order valence-electron chi connectivity index (χ4n) is 2.73. The molecular formula is C16H23N5O. The Morgan fingerprint density at radius 1 is 1.27 bits per heavy atom. The van der Waals surface area contributed by atoms with E-state index >= 15 is 0 Å². The third-order valence-electron chi connectivity index (χ3n) is 4.16. The van der Waals surface area contributed by atoms with Gasteiger partial charge in [-0.25, -0.2) is 4.98 Å². The van der Waals surface area contributed by atoms with Crippen LogP contribution in [0.25, 0.3) is 10.9 Å². The van der Waals surface area contributed by atoms with Crippen molar-refractivity contribution in [3.05, 3.63) is 34.7 Å². The molecule has 118 valence electrons. The lowest BCUT2D eigenvalue weighted by Gasteiger charge is -2.32. The van der Waals surface area contributed by atoms with Crippen LogP contribution in [0.4, 0.5) is 5.82 Å². The monoisotopic (exact) mass is 301 g/mol. The summed E-state index contributed by atoms with van der Waals surface area (Å²) in [6.07, 6.45) is 2.88. The van der Waals surface area contributed by atoms with E-state index in [1.165, 1.54) is 6.07 Å². The zero-order valence-electron chi connectivity index (χ0n) is 13.0. The second-order valence-electron chi connectivity index (χ2n) is 5.90. The zero-order chi connectivity index (χ0) is 15.4. The van der Waals surface area contributed by atoms with Crippen LogP contribution < -0.4 is 10.9 Å². The molecule has 2 N–H and O–H groups in total. The number of nitrogens with one attached hydrogen (secondary N) is 2. The number of hydrogen-bond acceptors (Lipinski definition) is 5. The molecule has 0 atom stereocenters. The highest BCUT2D eigenvalue weighted by molar-refractivity contribution is 5.79. The van der Waals surface area contributed by atoms with Crippen molar-refractivity contribution in [3.8, 4) is 0 Å². The highest BCUT2D eigenvalue weighted by atomic mass is 16.1. The van der Waals surface area contributed by atoms with Crippen molar-refractivity contribution in [2.24, 2.45) is 0 Å². The Balaban J connectivity index is 1.48. The van der Waals surface area contributed by atoms with Crippen molar-refractivity contribution in [1.29, 1.82) is 0 Å². The molecule has 1 fully saturated rings. The van der Waals surface area contributed by atoms with Crippen molar-refractivity contribution < 1.29 is 0 Å². The molecule has 0 bridgehead atoms. The lowest BCUT2D eigenvalue weighted by atomic mass is 10.2. The van der Waals surface area contributed by atoms with Crippen molar-refractivity contribution >= 4 is 16.7 Å². The Bertz CT molecular complexity index is 676. The maximum Gasteiger partial charge on any atom is 0.248 e. The second kappa shape index (κ2) is 6.89. The number of likely N-dealkylation sites (N-methyl/N-ethyl adjacent to an activating group) is 1. The Morgan fingerprint density at radius 3 is 2.91 bits per heavy atom. The molecule has 3 rings (SSSR count). The maximum atomic E-state index is 11.3. The standard InChI is InChI=1S/C16H23N5O/c1-20-7-9-21(10-8-20)6-2-5-17-15-11-14-13(12-18-15)3-4-16(22)19-14/h3-4,11-12H,2,5-10H2,1H3,(H,17,18)(H,19,22). The Labute approximate surface area is 130 Å². The number of aromatic amines is 1. The van der Waals surface area contributed by atoms with Gasteiger partial charge in [0.1, 0.15) is 5.82 Å². The molecule has 1 aliphatic heterocycles. The van der Waals surface area contributed by atoms with Crippen LogP contribution in [0.3, 0.4) is 0 Å². The molecule has 0 radical (unpaired) electrons. The van der Waals surface area contributed by atoms with Gasteiger partial charge in [0.2, 0.25) is 5.56 Å². The molecule has 6 heteroatoms. The fourth-order valence-corrected chi connectivity index (χ4v) is 2.73. The van der Waals surface area contributed by atoms with Crippen LogP contribution in [-0.2, 0) is 0 Å². The summed E-state index contributed by atoms with van der Waals surface area (Å²) in [4.78, 5) is 23.4. The van der Waals surface area contributed by atoms with Crippen LogP contribution in [0.5, 0.6) is 0 Å². The van der Waals surface area contributed by atoms with Gasteiger partial charge in [0, 0.05) is 56.4 Å². The lowest BCUT2D eigenvalue weighted by molar-refractivity contribution is 0.154. The molecule has 3 heterocycles. The van der Waals surface area contributed by atoms with E-state index in [1.54, 1.807) is 12.3 Å². The van der Waals surface area contributed by atoms with Gasteiger partial charge in [0.15, 0.2) is 0 Å².